The Morgan fingerprint density at radius 2 is 1.93 bits per heavy atom. The molecule has 0 amide bonds. The fourth-order valence-electron chi connectivity index (χ4n) is 3.01. The van der Waals surface area contributed by atoms with E-state index in [1.165, 1.54) is 0 Å². The van der Waals surface area contributed by atoms with Gasteiger partial charge in [0.15, 0.2) is 5.13 Å². The van der Waals surface area contributed by atoms with Crippen molar-refractivity contribution in [2.24, 2.45) is 0 Å². The summed E-state index contributed by atoms with van der Waals surface area (Å²) < 4.78 is 44.0. The minimum atomic E-state index is -4.52. The number of hydrogen-bond donors (Lipinski definition) is 1. The molecule has 4 rings (SSSR count). The van der Waals surface area contributed by atoms with Crippen LogP contribution < -0.4 is 10.2 Å². The highest BCUT2D eigenvalue weighted by molar-refractivity contribution is 7.14. The second-order valence-corrected chi connectivity index (χ2v) is 7.43. The molecule has 1 aliphatic heterocycles. The fourth-order valence-corrected chi connectivity index (χ4v) is 3.89. The van der Waals surface area contributed by atoms with E-state index in [1.54, 1.807) is 11.3 Å². The number of nitrogens with zero attached hydrogens (tertiary/aromatic N) is 4. The van der Waals surface area contributed by atoms with E-state index in [0.717, 1.165) is 47.3 Å². The summed E-state index contributed by atoms with van der Waals surface area (Å²) in [6.45, 7) is 4.90. The van der Waals surface area contributed by atoms with Crippen LogP contribution in [0.5, 0.6) is 0 Å². The number of aromatic nitrogens is 3. The number of morpholine rings is 1. The van der Waals surface area contributed by atoms with Crippen molar-refractivity contribution in [2.75, 3.05) is 36.5 Å². The topological polar surface area (TPSA) is 63.2 Å². The summed E-state index contributed by atoms with van der Waals surface area (Å²) in [4.78, 5) is 14.4. The Labute approximate surface area is 169 Å². The predicted octanol–water partition coefficient (Wildman–Crippen LogP) is 4.51. The van der Waals surface area contributed by atoms with E-state index in [9.17, 15) is 13.2 Å². The molecule has 152 valence electrons. The first-order chi connectivity index (χ1) is 13.9. The average molecular weight is 421 g/mol. The second-order valence-electron chi connectivity index (χ2n) is 6.59. The highest BCUT2D eigenvalue weighted by atomic mass is 32.1. The van der Waals surface area contributed by atoms with Gasteiger partial charge in [0.2, 0.25) is 5.95 Å². The number of alkyl halides is 3. The van der Waals surface area contributed by atoms with Gasteiger partial charge in [0.1, 0.15) is 5.69 Å². The van der Waals surface area contributed by atoms with E-state index in [-0.39, 0.29) is 5.95 Å². The monoisotopic (exact) mass is 421 g/mol. The van der Waals surface area contributed by atoms with Crippen LogP contribution in [0, 0.1) is 6.92 Å². The highest BCUT2D eigenvalue weighted by Crippen LogP contribution is 2.31. The number of ether oxygens (including phenoxy) is 1. The van der Waals surface area contributed by atoms with Gasteiger partial charge in [0, 0.05) is 35.9 Å². The number of thiazole rings is 1. The van der Waals surface area contributed by atoms with Crippen LogP contribution in [0.2, 0.25) is 0 Å². The van der Waals surface area contributed by atoms with Crippen molar-refractivity contribution >= 4 is 28.1 Å². The van der Waals surface area contributed by atoms with Crippen LogP contribution >= 0.6 is 11.3 Å². The summed E-state index contributed by atoms with van der Waals surface area (Å²) in [5, 5.41) is 5.77. The molecular weight excluding hydrogens is 403 g/mol. The molecule has 1 saturated heterocycles. The van der Waals surface area contributed by atoms with Crippen molar-refractivity contribution in [3.8, 4) is 11.3 Å². The van der Waals surface area contributed by atoms with Crippen LogP contribution in [0.15, 0.2) is 35.8 Å². The molecule has 0 spiro atoms. The maximum absolute atomic E-state index is 12.9. The van der Waals surface area contributed by atoms with Crippen molar-refractivity contribution in [3.05, 3.63) is 47.1 Å². The van der Waals surface area contributed by atoms with Crippen molar-refractivity contribution in [3.63, 3.8) is 0 Å². The number of anilines is 3. The van der Waals surface area contributed by atoms with Crippen LogP contribution in [0.25, 0.3) is 11.3 Å². The van der Waals surface area contributed by atoms with Crippen LogP contribution in [-0.2, 0) is 10.9 Å². The second kappa shape index (κ2) is 7.96. The Morgan fingerprint density at radius 3 is 2.69 bits per heavy atom. The van der Waals surface area contributed by atoms with Gasteiger partial charge in [-0.1, -0.05) is 0 Å². The molecule has 0 atom stereocenters. The molecule has 0 radical (unpaired) electrons. The normalized spacial score (nSPS) is 14.8. The Hall–Kier alpha value is -2.72. The summed E-state index contributed by atoms with van der Waals surface area (Å²) in [7, 11) is 0. The van der Waals surface area contributed by atoms with Gasteiger partial charge in [-0.3, -0.25) is 0 Å². The number of aryl methyl sites for hydroxylation is 1. The zero-order valence-corrected chi connectivity index (χ0v) is 16.3. The Morgan fingerprint density at radius 1 is 1.14 bits per heavy atom. The molecule has 2 aromatic heterocycles. The quantitative estimate of drug-likeness (QED) is 0.669. The Bertz CT molecular complexity index is 1000. The smallest absolute Gasteiger partial charge is 0.378 e. The van der Waals surface area contributed by atoms with Crippen LogP contribution in [0.1, 0.15) is 11.3 Å². The van der Waals surface area contributed by atoms with Crippen molar-refractivity contribution in [2.45, 2.75) is 13.1 Å². The van der Waals surface area contributed by atoms with Gasteiger partial charge in [-0.15, -0.1) is 11.3 Å². The number of nitrogens with one attached hydrogen (secondary N) is 1. The Balaban J connectivity index is 1.58. The van der Waals surface area contributed by atoms with E-state index in [1.807, 2.05) is 30.5 Å². The lowest BCUT2D eigenvalue weighted by Crippen LogP contribution is -2.36. The third kappa shape index (κ3) is 4.65. The van der Waals surface area contributed by atoms with Crippen LogP contribution in [-0.4, -0.2) is 41.3 Å². The lowest BCUT2D eigenvalue weighted by molar-refractivity contribution is -0.141. The number of benzene rings is 1. The number of hydrogen-bond acceptors (Lipinski definition) is 7. The molecule has 1 N–H and O–H groups in total. The SMILES string of the molecule is Cc1cc(Nc2nccc(C(F)(F)F)n2)cc(-c2csc(N3CCOCC3)n2)c1. The molecular formula is C19H18F3N5OS. The Kier molecular flexibility index (Phi) is 5.37. The largest absolute Gasteiger partial charge is 0.433 e. The summed E-state index contributed by atoms with van der Waals surface area (Å²) in [5.41, 5.74) is 2.24. The molecule has 3 aromatic rings. The highest BCUT2D eigenvalue weighted by Gasteiger charge is 2.32. The summed E-state index contributed by atoms with van der Waals surface area (Å²) in [6, 6.07) is 6.47. The lowest BCUT2D eigenvalue weighted by atomic mass is 10.1. The van der Waals surface area contributed by atoms with Gasteiger partial charge in [0.05, 0.1) is 18.9 Å². The maximum Gasteiger partial charge on any atom is 0.433 e. The fraction of sp³-hybridized carbons (Fsp3) is 0.316. The molecule has 0 unspecified atom stereocenters. The standard InChI is InChI=1S/C19H18F3N5OS/c1-12-8-13(15-11-29-18(25-15)27-4-6-28-7-5-27)10-14(9-12)24-17-23-3-2-16(26-17)19(20,21)22/h2-3,8-11H,4-7H2,1H3,(H,23,24,26). The first-order valence-corrected chi connectivity index (χ1v) is 9.84. The summed E-state index contributed by atoms with van der Waals surface area (Å²) in [5.74, 6) is -0.108. The molecule has 0 bridgehead atoms. The van der Waals surface area contributed by atoms with Gasteiger partial charge in [-0.2, -0.15) is 13.2 Å². The third-order valence-electron chi connectivity index (χ3n) is 4.35. The molecule has 10 heteroatoms. The molecule has 6 nitrogen and oxygen atoms in total. The van der Waals surface area contributed by atoms with Crippen molar-refractivity contribution in [1.29, 1.82) is 0 Å². The van der Waals surface area contributed by atoms with E-state index < -0.39 is 11.9 Å². The van der Waals surface area contributed by atoms with Gasteiger partial charge in [0.25, 0.3) is 0 Å². The maximum atomic E-state index is 12.9. The van der Waals surface area contributed by atoms with E-state index in [4.69, 9.17) is 9.72 Å². The first kappa shape index (κ1) is 19.6. The van der Waals surface area contributed by atoms with Crippen molar-refractivity contribution < 1.29 is 17.9 Å². The van der Waals surface area contributed by atoms with Crippen LogP contribution in [0.4, 0.5) is 29.9 Å². The minimum Gasteiger partial charge on any atom is -0.378 e. The lowest BCUT2D eigenvalue weighted by Gasteiger charge is -2.26. The average Bonchev–Trinajstić information content (AvgIpc) is 3.18. The molecule has 0 saturated carbocycles. The summed E-state index contributed by atoms with van der Waals surface area (Å²) >= 11 is 1.56. The molecule has 1 aliphatic rings. The van der Waals surface area contributed by atoms with Crippen LogP contribution in [0.3, 0.4) is 0 Å². The zero-order valence-electron chi connectivity index (χ0n) is 15.5. The molecule has 1 fully saturated rings. The zero-order chi connectivity index (χ0) is 20.4. The first-order valence-electron chi connectivity index (χ1n) is 8.96. The third-order valence-corrected chi connectivity index (χ3v) is 5.25. The van der Waals surface area contributed by atoms with Gasteiger partial charge >= 0.3 is 6.18 Å². The van der Waals surface area contributed by atoms with Crippen molar-refractivity contribution in [1.82, 2.24) is 15.0 Å². The minimum absolute atomic E-state index is 0.108. The molecule has 0 aliphatic carbocycles. The van der Waals surface area contributed by atoms with Gasteiger partial charge < -0.3 is 15.0 Å². The molecule has 3 heterocycles. The van der Waals surface area contributed by atoms with Gasteiger partial charge in [-0.25, -0.2) is 15.0 Å². The van der Waals surface area contributed by atoms with E-state index in [0.29, 0.717) is 18.9 Å². The number of halogens is 3. The predicted molar refractivity (Wildman–Crippen MR) is 106 cm³/mol. The van der Waals surface area contributed by atoms with E-state index in [2.05, 4.69) is 20.2 Å². The number of rotatable bonds is 4. The van der Waals surface area contributed by atoms with Gasteiger partial charge in [-0.05, 0) is 36.8 Å². The molecule has 29 heavy (non-hydrogen) atoms. The van der Waals surface area contributed by atoms with E-state index >= 15 is 0 Å². The summed E-state index contributed by atoms with van der Waals surface area (Å²) in [6.07, 6.45) is -3.43. The molecule has 1 aromatic carbocycles.